The minimum atomic E-state index is -0.783. The van der Waals surface area contributed by atoms with Crippen LogP contribution in [0.3, 0.4) is 0 Å². The zero-order valence-electron chi connectivity index (χ0n) is 13.3. The molecule has 5 nitrogen and oxygen atoms in total. The number of aryl methyl sites for hydroxylation is 1. The van der Waals surface area contributed by atoms with Gasteiger partial charge in [-0.15, -0.1) is 0 Å². The number of anilines is 1. The highest BCUT2D eigenvalue weighted by Gasteiger charge is 2.29. The van der Waals surface area contributed by atoms with Crippen LogP contribution in [-0.2, 0) is 16.0 Å². The van der Waals surface area contributed by atoms with Crippen molar-refractivity contribution >= 4 is 17.5 Å². The maximum absolute atomic E-state index is 12.0. The molecular formula is C19H20N2O3. The van der Waals surface area contributed by atoms with Crippen LogP contribution in [0, 0.1) is 0 Å². The molecule has 0 fully saturated rings. The molecule has 0 aromatic heterocycles. The molecular weight excluding hydrogens is 304 g/mol. The van der Waals surface area contributed by atoms with Crippen LogP contribution in [0.1, 0.15) is 18.4 Å². The molecule has 24 heavy (non-hydrogen) atoms. The first-order chi connectivity index (χ1) is 11.7. The number of hydrogen-bond donors (Lipinski definition) is 2. The number of fused-ring (bicyclic) bond motifs is 1. The molecule has 124 valence electrons. The van der Waals surface area contributed by atoms with E-state index >= 15 is 0 Å². The van der Waals surface area contributed by atoms with Gasteiger partial charge in [0.1, 0.15) is 5.75 Å². The summed E-state index contributed by atoms with van der Waals surface area (Å²) in [5.41, 5.74) is 1.89. The Kier molecular flexibility index (Phi) is 5.11. The first-order valence-corrected chi connectivity index (χ1v) is 8.09. The SMILES string of the molecule is O=C(CC1Oc2ccccc2NC1=O)NCCCc1ccccc1. The Balaban J connectivity index is 1.43. The summed E-state index contributed by atoms with van der Waals surface area (Å²) in [7, 11) is 0. The van der Waals surface area contributed by atoms with E-state index in [0.717, 1.165) is 12.8 Å². The lowest BCUT2D eigenvalue weighted by Gasteiger charge is -2.25. The standard InChI is InChI=1S/C19H20N2O3/c22-18(20-12-6-9-14-7-2-1-3-8-14)13-17-19(23)21-15-10-4-5-11-16(15)24-17/h1-5,7-8,10-11,17H,6,9,12-13H2,(H,20,22)(H,21,23). The molecule has 1 unspecified atom stereocenters. The number of hydrogen-bond acceptors (Lipinski definition) is 3. The number of ether oxygens (including phenoxy) is 1. The molecule has 0 aliphatic carbocycles. The van der Waals surface area contributed by atoms with Gasteiger partial charge in [0.05, 0.1) is 12.1 Å². The van der Waals surface area contributed by atoms with Crippen molar-refractivity contribution in [2.24, 2.45) is 0 Å². The van der Waals surface area contributed by atoms with Gasteiger partial charge in [-0.1, -0.05) is 42.5 Å². The molecule has 0 saturated carbocycles. The summed E-state index contributed by atoms with van der Waals surface area (Å²) in [5, 5.41) is 5.61. The van der Waals surface area contributed by atoms with E-state index in [9.17, 15) is 9.59 Å². The summed E-state index contributed by atoms with van der Waals surface area (Å²) in [6.45, 7) is 0.582. The Morgan fingerprint density at radius 3 is 2.67 bits per heavy atom. The number of benzene rings is 2. The van der Waals surface area contributed by atoms with Gasteiger partial charge in [-0.05, 0) is 30.5 Å². The van der Waals surface area contributed by atoms with E-state index in [1.165, 1.54) is 5.56 Å². The molecule has 5 heteroatoms. The molecule has 2 N–H and O–H groups in total. The number of rotatable bonds is 6. The lowest BCUT2D eigenvalue weighted by atomic mass is 10.1. The van der Waals surface area contributed by atoms with E-state index in [1.807, 2.05) is 30.3 Å². The van der Waals surface area contributed by atoms with Crippen LogP contribution in [0.2, 0.25) is 0 Å². The molecule has 2 aromatic rings. The van der Waals surface area contributed by atoms with Gasteiger partial charge >= 0.3 is 0 Å². The first-order valence-electron chi connectivity index (χ1n) is 8.09. The number of amides is 2. The van der Waals surface area contributed by atoms with E-state index in [4.69, 9.17) is 4.74 Å². The Hall–Kier alpha value is -2.82. The van der Waals surface area contributed by atoms with Crippen LogP contribution in [-0.4, -0.2) is 24.5 Å². The maximum Gasteiger partial charge on any atom is 0.266 e. The Morgan fingerprint density at radius 2 is 1.83 bits per heavy atom. The van der Waals surface area contributed by atoms with Crippen LogP contribution in [0.4, 0.5) is 5.69 Å². The van der Waals surface area contributed by atoms with Crippen molar-refractivity contribution in [1.29, 1.82) is 0 Å². The second-order valence-corrected chi connectivity index (χ2v) is 5.74. The predicted octanol–water partition coefficient (Wildman–Crippen LogP) is 2.53. The number of carbonyl (C=O) groups excluding carboxylic acids is 2. The van der Waals surface area contributed by atoms with Crippen molar-refractivity contribution in [2.45, 2.75) is 25.4 Å². The normalized spacial score (nSPS) is 15.8. The molecule has 0 saturated heterocycles. The molecule has 1 atom stereocenters. The highest BCUT2D eigenvalue weighted by molar-refractivity contribution is 5.99. The highest BCUT2D eigenvalue weighted by atomic mass is 16.5. The van der Waals surface area contributed by atoms with E-state index in [0.29, 0.717) is 18.0 Å². The molecule has 1 aliphatic heterocycles. The lowest BCUT2D eigenvalue weighted by Crippen LogP contribution is -2.41. The van der Waals surface area contributed by atoms with Gasteiger partial charge in [-0.3, -0.25) is 9.59 Å². The molecule has 0 bridgehead atoms. The van der Waals surface area contributed by atoms with Crippen LogP contribution in [0.25, 0.3) is 0 Å². The summed E-state index contributed by atoms with van der Waals surface area (Å²) in [6.07, 6.45) is 1.01. The molecule has 0 radical (unpaired) electrons. The summed E-state index contributed by atoms with van der Waals surface area (Å²) in [4.78, 5) is 24.0. The van der Waals surface area contributed by atoms with Crippen LogP contribution < -0.4 is 15.4 Å². The van der Waals surface area contributed by atoms with E-state index in [-0.39, 0.29) is 18.2 Å². The third-order valence-corrected chi connectivity index (χ3v) is 3.88. The highest BCUT2D eigenvalue weighted by Crippen LogP contribution is 2.29. The smallest absolute Gasteiger partial charge is 0.266 e. The minimum Gasteiger partial charge on any atom is -0.478 e. The average Bonchev–Trinajstić information content (AvgIpc) is 2.60. The van der Waals surface area contributed by atoms with E-state index in [1.54, 1.807) is 12.1 Å². The average molecular weight is 324 g/mol. The second kappa shape index (κ2) is 7.64. The molecule has 1 heterocycles. The van der Waals surface area contributed by atoms with Crippen molar-refractivity contribution in [2.75, 3.05) is 11.9 Å². The molecule has 1 aliphatic rings. The van der Waals surface area contributed by atoms with Crippen molar-refractivity contribution in [3.05, 3.63) is 60.2 Å². The third kappa shape index (κ3) is 4.13. The summed E-state index contributed by atoms with van der Waals surface area (Å²) >= 11 is 0. The Morgan fingerprint density at radius 1 is 1.08 bits per heavy atom. The second-order valence-electron chi connectivity index (χ2n) is 5.74. The summed E-state index contributed by atoms with van der Waals surface area (Å²) in [5.74, 6) is 0.134. The topological polar surface area (TPSA) is 67.4 Å². The van der Waals surface area contributed by atoms with Gasteiger partial charge in [0, 0.05) is 6.54 Å². The van der Waals surface area contributed by atoms with Gasteiger partial charge in [0.25, 0.3) is 5.91 Å². The fourth-order valence-electron chi connectivity index (χ4n) is 2.63. The predicted molar refractivity (Wildman–Crippen MR) is 91.9 cm³/mol. The van der Waals surface area contributed by atoms with Gasteiger partial charge in [0.15, 0.2) is 6.10 Å². The molecule has 3 rings (SSSR count). The maximum atomic E-state index is 12.0. The van der Waals surface area contributed by atoms with E-state index < -0.39 is 6.10 Å². The van der Waals surface area contributed by atoms with Crippen molar-refractivity contribution in [3.63, 3.8) is 0 Å². The minimum absolute atomic E-state index is 0.0193. The zero-order valence-corrected chi connectivity index (χ0v) is 13.3. The van der Waals surface area contributed by atoms with Crippen LogP contribution >= 0.6 is 0 Å². The first kappa shape index (κ1) is 16.1. The van der Waals surface area contributed by atoms with Gasteiger partial charge in [-0.25, -0.2) is 0 Å². The number of nitrogens with one attached hydrogen (secondary N) is 2. The van der Waals surface area contributed by atoms with Gasteiger partial charge < -0.3 is 15.4 Å². The number of carbonyl (C=O) groups is 2. The molecule has 0 spiro atoms. The molecule has 2 amide bonds. The van der Waals surface area contributed by atoms with Gasteiger partial charge in [0.2, 0.25) is 5.91 Å². The third-order valence-electron chi connectivity index (χ3n) is 3.88. The summed E-state index contributed by atoms with van der Waals surface area (Å²) in [6, 6.07) is 17.3. The van der Waals surface area contributed by atoms with E-state index in [2.05, 4.69) is 22.8 Å². The fraction of sp³-hybridized carbons (Fsp3) is 0.263. The summed E-state index contributed by atoms with van der Waals surface area (Å²) < 4.78 is 5.62. The van der Waals surface area contributed by atoms with Gasteiger partial charge in [-0.2, -0.15) is 0 Å². The van der Waals surface area contributed by atoms with Crippen LogP contribution in [0.15, 0.2) is 54.6 Å². The number of para-hydroxylation sites is 2. The fourth-order valence-corrected chi connectivity index (χ4v) is 2.63. The van der Waals surface area contributed by atoms with Crippen molar-refractivity contribution in [1.82, 2.24) is 5.32 Å². The lowest BCUT2D eigenvalue weighted by molar-refractivity contribution is -0.130. The van der Waals surface area contributed by atoms with Crippen LogP contribution in [0.5, 0.6) is 5.75 Å². The zero-order chi connectivity index (χ0) is 16.8. The molecule has 2 aromatic carbocycles. The van der Waals surface area contributed by atoms with Crippen molar-refractivity contribution < 1.29 is 14.3 Å². The Bertz CT molecular complexity index is 716. The monoisotopic (exact) mass is 324 g/mol. The quantitative estimate of drug-likeness (QED) is 0.802. The van der Waals surface area contributed by atoms with Crippen molar-refractivity contribution in [3.8, 4) is 5.75 Å². The largest absolute Gasteiger partial charge is 0.478 e. The Labute approximate surface area is 141 Å².